The summed E-state index contributed by atoms with van der Waals surface area (Å²) in [5.74, 6) is 0.104. The molecule has 0 saturated carbocycles. The molecule has 0 aliphatic carbocycles. The minimum Gasteiger partial charge on any atom is -0.308 e. The summed E-state index contributed by atoms with van der Waals surface area (Å²) in [4.78, 5) is 5.64. The lowest BCUT2D eigenvalue weighted by Crippen LogP contribution is -2.32. The van der Waals surface area contributed by atoms with Gasteiger partial charge in [-0.2, -0.15) is 0 Å². The quantitative estimate of drug-likeness (QED) is 0.858. The van der Waals surface area contributed by atoms with Crippen molar-refractivity contribution in [1.29, 1.82) is 0 Å². The van der Waals surface area contributed by atoms with E-state index in [1.165, 1.54) is 9.18 Å². The highest BCUT2D eigenvalue weighted by atomic mass is 32.2. The average Bonchev–Trinajstić information content (AvgIpc) is 2.57. The van der Waals surface area contributed by atoms with E-state index in [2.05, 4.69) is 10.3 Å². The summed E-state index contributed by atoms with van der Waals surface area (Å²) in [7, 11) is -0.0313. The predicted octanol–water partition coefficient (Wildman–Crippen LogP) is 1.30. The molecule has 1 aromatic rings. The minimum absolute atomic E-state index is 0.0762. The topological polar surface area (TPSA) is 62.3 Å². The van der Waals surface area contributed by atoms with Crippen molar-refractivity contribution in [3.05, 3.63) is 15.6 Å². The van der Waals surface area contributed by atoms with E-state index in [9.17, 15) is 8.42 Å². The maximum absolute atomic E-state index is 11.6. The second kappa shape index (κ2) is 6.10. The Labute approximate surface area is 113 Å². The lowest BCUT2D eigenvalue weighted by Gasteiger charge is -2.15. The van der Waals surface area contributed by atoms with Gasteiger partial charge in [0.05, 0.1) is 16.5 Å². The molecule has 5 nitrogen and oxygen atoms in total. The molecule has 1 rings (SSSR count). The van der Waals surface area contributed by atoms with Gasteiger partial charge in [0.25, 0.3) is 0 Å². The summed E-state index contributed by atoms with van der Waals surface area (Å²) >= 11 is 1.66. The van der Waals surface area contributed by atoms with Crippen molar-refractivity contribution in [3.63, 3.8) is 0 Å². The second-order valence-electron chi connectivity index (χ2n) is 4.45. The van der Waals surface area contributed by atoms with Crippen molar-refractivity contribution in [2.45, 2.75) is 26.8 Å². The van der Waals surface area contributed by atoms with Gasteiger partial charge in [-0.05, 0) is 20.8 Å². The molecule has 0 radical (unpaired) electrons. The van der Waals surface area contributed by atoms with E-state index in [-0.39, 0.29) is 11.8 Å². The van der Waals surface area contributed by atoms with Crippen molar-refractivity contribution in [3.8, 4) is 0 Å². The predicted molar refractivity (Wildman–Crippen MR) is 75.5 cm³/mol. The Morgan fingerprint density at radius 1 is 1.39 bits per heavy atom. The molecule has 0 aliphatic heterocycles. The summed E-state index contributed by atoms with van der Waals surface area (Å²) < 4.78 is 24.4. The molecular weight excluding hydrogens is 270 g/mol. The summed E-state index contributed by atoms with van der Waals surface area (Å²) in [6.45, 7) is 6.45. The fourth-order valence-electron chi connectivity index (χ4n) is 1.63. The molecule has 0 fully saturated rings. The van der Waals surface area contributed by atoms with Crippen molar-refractivity contribution in [2.75, 3.05) is 26.4 Å². The van der Waals surface area contributed by atoms with E-state index < -0.39 is 10.0 Å². The van der Waals surface area contributed by atoms with Gasteiger partial charge in [-0.3, -0.25) is 0 Å². The molecule has 1 atom stereocenters. The fourth-order valence-corrected chi connectivity index (χ4v) is 3.29. The molecule has 0 bridgehead atoms. The summed E-state index contributed by atoms with van der Waals surface area (Å²) in [6, 6.07) is 0.0762. The van der Waals surface area contributed by atoms with E-state index in [4.69, 9.17) is 0 Å². The summed E-state index contributed by atoms with van der Waals surface area (Å²) in [6.07, 6.45) is 0. The number of thiazole rings is 1. The van der Waals surface area contributed by atoms with Gasteiger partial charge < -0.3 is 5.32 Å². The standard InChI is InChI=1S/C11H21N3O2S2/c1-8(11-9(2)17-10(3)13-11)12-6-7-18(15,16)14(4)5/h8,12H,6-7H2,1-5H3. The molecule has 0 saturated heterocycles. The molecule has 1 N–H and O–H groups in total. The maximum atomic E-state index is 11.6. The van der Waals surface area contributed by atoms with Crippen LogP contribution in [0.1, 0.15) is 28.5 Å². The van der Waals surface area contributed by atoms with Crippen LogP contribution in [0, 0.1) is 13.8 Å². The Morgan fingerprint density at radius 2 is 2.00 bits per heavy atom. The minimum atomic E-state index is -3.13. The molecule has 18 heavy (non-hydrogen) atoms. The molecule has 1 unspecified atom stereocenters. The van der Waals surface area contributed by atoms with Crippen LogP contribution in [0.25, 0.3) is 0 Å². The molecule has 1 heterocycles. The molecule has 1 aromatic heterocycles. The van der Waals surface area contributed by atoms with Crippen LogP contribution in [-0.2, 0) is 10.0 Å². The molecule has 0 aromatic carbocycles. The molecule has 7 heteroatoms. The van der Waals surface area contributed by atoms with Crippen LogP contribution in [0.4, 0.5) is 0 Å². The van der Waals surface area contributed by atoms with E-state index in [1.807, 2.05) is 20.8 Å². The molecular formula is C11H21N3O2S2. The second-order valence-corrected chi connectivity index (χ2v) is 8.16. The zero-order valence-corrected chi connectivity index (χ0v) is 13.2. The van der Waals surface area contributed by atoms with Crippen molar-refractivity contribution >= 4 is 21.4 Å². The maximum Gasteiger partial charge on any atom is 0.214 e. The van der Waals surface area contributed by atoms with Gasteiger partial charge in [-0.25, -0.2) is 17.7 Å². The number of nitrogens with zero attached hydrogens (tertiary/aromatic N) is 2. The summed E-state index contributed by atoms with van der Waals surface area (Å²) in [5.41, 5.74) is 1.01. The monoisotopic (exact) mass is 291 g/mol. The lowest BCUT2D eigenvalue weighted by molar-refractivity contribution is 0.511. The fraction of sp³-hybridized carbons (Fsp3) is 0.727. The van der Waals surface area contributed by atoms with E-state index >= 15 is 0 Å². The van der Waals surface area contributed by atoms with Crippen LogP contribution in [0.5, 0.6) is 0 Å². The normalized spacial score (nSPS) is 14.1. The van der Waals surface area contributed by atoms with Crippen molar-refractivity contribution in [1.82, 2.24) is 14.6 Å². The Morgan fingerprint density at radius 3 is 2.44 bits per heavy atom. The van der Waals surface area contributed by atoms with Crippen LogP contribution < -0.4 is 5.32 Å². The Balaban J connectivity index is 2.53. The highest BCUT2D eigenvalue weighted by Gasteiger charge is 2.16. The number of rotatable bonds is 6. The van der Waals surface area contributed by atoms with Crippen molar-refractivity contribution in [2.24, 2.45) is 0 Å². The zero-order chi connectivity index (χ0) is 13.9. The first-order valence-electron chi connectivity index (χ1n) is 5.81. The third-order valence-electron chi connectivity index (χ3n) is 2.72. The van der Waals surface area contributed by atoms with E-state index in [0.717, 1.165) is 10.7 Å². The first-order chi connectivity index (χ1) is 8.24. The van der Waals surface area contributed by atoms with Crippen LogP contribution in [0.15, 0.2) is 0 Å². The van der Waals surface area contributed by atoms with E-state index in [1.54, 1.807) is 25.4 Å². The van der Waals surface area contributed by atoms with Gasteiger partial charge in [0.15, 0.2) is 0 Å². The highest BCUT2D eigenvalue weighted by molar-refractivity contribution is 7.89. The summed E-state index contributed by atoms with van der Waals surface area (Å²) in [5, 5.41) is 4.24. The van der Waals surface area contributed by atoms with Crippen LogP contribution in [-0.4, -0.2) is 44.1 Å². The number of aryl methyl sites for hydroxylation is 2. The highest BCUT2D eigenvalue weighted by Crippen LogP contribution is 2.22. The van der Waals surface area contributed by atoms with Gasteiger partial charge in [0.1, 0.15) is 0 Å². The first kappa shape index (κ1) is 15.6. The number of aromatic nitrogens is 1. The number of hydrogen-bond donors (Lipinski definition) is 1. The Hall–Kier alpha value is -0.500. The van der Waals surface area contributed by atoms with Crippen molar-refractivity contribution < 1.29 is 8.42 Å². The molecule has 0 aliphatic rings. The molecule has 0 spiro atoms. The SMILES string of the molecule is Cc1nc(C(C)NCCS(=O)(=O)N(C)C)c(C)s1. The average molecular weight is 291 g/mol. The Kier molecular flexibility index (Phi) is 5.27. The third kappa shape index (κ3) is 4.01. The van der Waals surface area contributed by atoms with Gasteiger partial charge >= 0.3 is 0 Å². The Bertz CT molecular complexity index is 494. The van der Waals surface area contributed by atoms with Gasteiger partial charge in [0, 0.05) is 31.6 Å². The zero-order valence-electron chi connectivity index (χ0n) is 11.5. The number of sulfonamides is 1. The third-order valence-corrected chi connectivity index (χ3v) is 5.45. The van der Waals surface area contributed by atoms with Gasteiger partial charge in [-0.1, -0.05) is 0 Å². The smallest absolute Gasteiger partial charge is 0.214 e. The number of nitrogens with one attached hydrogen (secondary N) is 1. The first-order valence-corrected chi connectivity index (χ1v) is 8.24. The number of hydrogen-bond acceptors (Lipinski definition) is 5. The van der Waals surface area contributed by atoms with Gasteiger partial charge in [-0.15, -0.1) is 11.3 Å². The molecule has 0 amide bonds. The van der Waals surface area contributed by atoms with Crippen LogP contribution in [0.3, 0.4) is 0 Å². The largest absolute Gasteiger partial charge is 0.308 e. The van der Waals surface area contributed by atoms with Crippen LogP contribution >= 0.6 is 11.3 Å². The van der Waals surface area contributed by atoms with Gasteiger partial charge in [0.2, 0.25) is 10.0 Å². The molecule has 104 valence electrons. The van der Waals surface area contributed by atoms with Crippen LogP contribution in [0.2, 0.25) is 0 Å². The van der Waals surface area contributed by atoms with E-state index in [0.29, 0.717) is 6.54 Å². The lowest BCUT2D eigenvalue weighted by atomic mass is 10.2.